The molecule has 2 fully saturated rings. The largest absolute Gasteiger partial charge is 0.0897 e. The third kappa shape index (κ3) is 3.31. The molecule has 118 valence electrons. The van der Waals surface area contributed by atoms with Gasteiger partial charge in [0, 0.05) is 5.16 Å². The van der Waals surface area contributed by atoms with Crippen molar-refractivity contribution < 1.29 is 0 Å². The summed E-state index contributed by atoms with van der Waals surface area (Å²) in [7, 11) is 0.125. The summed E-state index contributed by atoms with van der Waals surface area (Å²) < 4.78 is 0. The molecule has 0 spiro atoms. The number of hydrogen-bond donors (Lipinski definition) is 0. The topological polar surface area (TPSA) is 0 Å². The van der Waals surface area contributed by atoms with Crippen LogP contribution in [0.1, 0.15) is 78.1 Å². The molecule has 0 amide bonds. The van der Waals surface area contributed by atoms with Crippen LogP contribution in [-0.2, 0) is 0 Å². The van der Waals surface area contributed by atoms with Crippen molar-refractivity contribution in [2.24, 2.45) is 5.92 Å². The van der Waals surface area contributed by atoms with Gasteiger partial charge in [0.2, 0.25) is 0 Å². The molecule has 0 N–H and O–H groups in total. The Kier molecular flexibility index (Phi) is 5.26. The monoisotopic (exact) mass is 304 g/mol. The maximum Gasteiger partial charge on any atom is 0.0124 e. The smallest absolute Gasteiger partial charge is 0.0124 e. The first-order valence-corrected chi connectivity index (χ1v) is 10.8. The van der Waals surface area contributed by atoms with Crippen LogP contribution in [0.15, 0.2) is 24.3 Å². The van der Waals surface area contributed by atoms with Crippen molar-refractivity contribution >= 4 is 7.92 Å². The summed E-state index contributed by atoms with van der Waals surface area (Å²) in [6.45, 7) is 5.08. The number of hydrogen-bond acceptors (Lipinski definition) is 0. The fourth-order valence-electron chi connectivity index (χ4n) is 4.95. The molecule has 0 aromatic rings. The summed E-state index contributed by atoms with van der Waals surface area (Å²) in [5, 5.41) is 0.466. The summed E-state index contributed by atoms with van der Waals surface area (Å²) in [6, 6.07) is 0. The van der Waals surface area contributed by atoms with E-state index in [0.29, 0.717) is 5.16 Å². The first-order valence-electron chi connectivity index (χ1n) is 9.36. The minimum Gasteiger partial charge on any atom is -0.0897 e. The van der Waals surface area contributed by atoms with Crippen molar-refractivity contribution in [3.05, 3.63) is 24.3 Å². The summed E-state index contributed by atoms with van der Waals surface area (Å²) in [6.07, 6.45) is 24.8. The second kappa shape index (κ2) is 6.99. The Labute approximate surface area is 133 Å². The average Bonchev–Trinajstić information content (AvgIpc) is 2.53. The molecule has 0 aromatic heterocycles. The first kappa shape index (κ1) is 15.8. The Morgan fingerprint density at radius 2 is 1.33 bits per heavy atom. The normalized spacial score (nSPS) is 35.5. The zero-order chi connectivity index (χ0) is 14.7. The molecule has 0 heterocycles. The lowest BCUT2D eigenvalue weighted by Crippen LogP contribution is -2.38. The summed E-state index contributed by atoms with van der Waals surface area (Å²) in [5.74, 6) is 0.734. The summed E-state index contributed by atoms with van der Waals surface area (Å²) in [5.41, 5.74) is 2.11. The molecule has 2 unspecified atom stereocenters. The third-order valence-corrected chi connectivity index (χ3v) is 10.6. The van der Waals surface area contributed by atoms with Crippen LogP contribution in [0.3, 0.4) is 0 Å². The highest BCUT2D eigenvalue weighted by Crippen LogP contribution is 2.66. The van der Waals surface area contributed by atoms with E-state index in [1.807, 2.05) is 0 Å². The number of allylic oxidation sites excluding steroid dienone is 4. The predicted molar refractivity (Wildman–Crippen MR) is 96.5 cm³/mol. The van der Waals surface area contributed by atoms with Crippen LogP contribution in [0, 0.1) is 5.92 Å². The van der Waals surface area contributed by atoms with Gasteiger partial charge in [-0.3, -0.25) is 0 Å². The van der Waals surface area contributed by atoms with Gasteiger partial charge in [-0.25, -0.2) is 0 Å². The average molecular weight is 304 g/mol. The SMILES string of the molecule is CC1C=CC=CC1(C)P(C1CCCCC1)C1CCCCC1. The fraction of sp³-hybridized carbons (Fsp3) is 0.800. The van der Waals surface area contributed by atoms with Gasteiger partial charge in [0.25, 0.3) is 0 Å². The van der Waals surface area contributed by atoms with Crippen LogP contribution >= 0.6 is 7.92 Å². The van der Waals surface area contributed by atoms with E-state index in [1.54, 1.807) is 0 Å². The van der Waals surface area contributed by atoms with Gasteiger partial charge in [0.15, 0.2) is 0 Å². The molecular formula is C20H33P. The zero-order valence-corrected chi connectivity index (χ0v) is 15.0. The molecule has 2 saturated carbocycles. The minimum atomic E-state index is 0.125. The van der Waals surface area contributed by atoms with E-state index in [1.165, 1.54) is 64.2 Å². The standard InChI is InChI=1S/C20H33P/c1-17-11-9-10-16-20(17,2)21(18-12-5-3-6-13-18)19-14-7-4-8-15-19/h9-11,16-19H,3-8,12-15H2,1-2H3. The minimum absolute atomic E-state index is 0.125. The van der Waals surface area contributed by atoms with E-state index in [9.17, 15) is 0 Å². The van der Waals surface area contributed by atoms with Gasteiger partial charge in [0.1, 0.15) is 0 Å². The molecular weight excluding hydrogens is 271 g/mol. The molecule has 2 atom stereocenters. The van der Waals surface area contributed by atoms with Crippen LogP contribution < -0.4 is 0 Å². The Hall–Kier alpha value is -0.0900. The third-order valence-electron chi connectivity index (χ3n) is 6.36. The first-order chi connectivity index (χ1) is 10.2. The lowest BCUT2D eigenvalue weighted by Gasteiger charge is -2.50. The van der Waals surface area contributed by atoms with Crippen LogP contribution in [0.5, 0.6) is 0 Å². The molecule has 3 rings (SSSR count). The molecule has 3 aliphatic carbocycles. The van der Waals surface area contributed by atoms with Gasteiger partial charge in [-0.05, 0) is 42.9 Å². The van der Waals surface area contributed by atoms with Crippen molar-refractivity contribution in [3.63, 3.8) is 0 Å². The maximum atomic E-state index is 2.60. The van der Waals surface area contributed by atoms with E-state index < -0.39 is 0 Å². The van der Waals surface area contributed by atoms with E-state index in [4.69, 9.17) is 0 Å². The van der Waals surface area contributed by atoms with Gasteiger partial charge >= 0.3 is 0 Å². The molecule has 0 bridgehead atoms. The Balaban J connectivity index is 1.86. The second-order valence-electron chi connectivity index (χ2n) is 7.75. The van der Waals surface area contributed by atoms with Gasteiger partial charge in [-0.15, -0.1) is 0 Å². The highest BCUT2D eigenvalue weighted by Gasteiger charge is 2.44. The van der Waals surface area contributed by atoms with Crippen LogP contribution in [0.2, 0.25) is 0 Å². The van der Waals surface area contributed by atoms with Crippen LogP contribution in [-0.4, -0.2) is 16.5 Å². The molecule has 0 aromatic carbocycles. The van der Waals surface area contributed by atoms with Gasteiger partial charge in [0.05, 0.1) is 0 Å². The van der Waals surface area contributed by atoms with Crippen molar-refractivity contribution in [2.75, 3.05) is 0 Å². The van der Waals surface area contributed by atoms with Crippen molar-refractivity contribution in [1.29, 1.82) is 0 Å². The molecule has 0 saturated heterocycles. The van der Waals surface area contributed by atoms with Gasteiger partial charge in [-0.2, -0.15) is 0 Å². The summed E-state index contributed by atoms with van der Waals surface area (Å²) in [4.78, 5) is 0. The van der Waals surface area contributed by atoms with Gasteiger partial charge < -0.3 is 0 Å². The molecule has 21 heavy (non-hydrogen) atoms. The Morgan fingerprint density at radius 3 is 1.81 bits per heavy atom. The Morgan fingerprint density at radius 1 is 0.810 bits per heavy atom. The molecule has 3 aliphatic rings. The number of rotatable bonds is 3. The lowest BCUT2D eigenvalue weighted by atomic mass is 9.90. The van der Waals surface area contributed by atoms with Crippen molar-refractivity contribution in [1.82, 2.24) is 0 Å². The molecule has 1 heteroatoms. The van der Waals surface area contributed by atoms with Gasteiger partial charge in [-0.1, -0.05) is 84.6 Å². The van der Waals surface area contributed by atoms with Crippen molar-refractivity contribution in [2.45, 2.75) is 94.5 Å². The van der Waals surface area contributed by atoms with Crippen molar-refractivity contribution in [3.8, 4) is 0 Å². The van der Waals surface area contributed by atoms with Crippen LogP contribution in [0.25, 0.3) is 0 Å². The highest BCUT2D eigenvalue weighted by molar-refractivity contribution is 7.61. The summed E-state index contributed by atoms with van der Waals surface area (Å²) >= 11 is 0. The molecule has 0 radical (unpaired) electrons. The molecule has 0 nitrogen and oxygen atoms in total. The molecule has 0 aliphatic heterocycles. The highest BCUT2D eigenvalue weighted by atomic mass is 31.1. The predicted octanol–water partition coefficient (Wildman–Crippen LogP) is 6.65. The van der Waals surface area contributed by atoms with E-state index in [2.05, 4.69) is 38.2 Å². The zero-order valence-electron chi connectivity index (χ0n) is 14.1. The Bertz CT molecular complexity index is 367. The van der Waals surface area contributed by atoms with E-state index in [-0.39, 0.29) is 7.92 Å². The second-order valence-corrected chi connectivity index (χ2v) is 11.0. The quantitative estimate of drug-likeness (QED) is 0.512. The van der Waals surface area contributed by atoms with E-state index in [0.717, 1.165) is 17.2 Å². The van der Waals surface area contributed by atoms with Crippen LogP contribution in [0.4, 0.5) is 0 Å². The van der Waals surface area contributed by atoms with E-state index >= 15 is 0 Å². The fourth-order valence-corrected chi connectivity index (χ4v) is 9.78. The lowest BCUT2D eigenvalue weighted by molar-refractivity contribution is 0.465. The maximum absolute atomic E-state index is 2.60.